The van der Waals surface area contributed by atoms with Crippen molar-refractivity contribution < 1.29 is 17.9 Å². The van der Waals surface area contributed by atoms with Crippen LogP contribution in [0.25, 0.3) is 22.4 Å². The second kappa shape index (κ2) is 10.2. The van der Waals surface area contributed by atoms with Gasteiger partial charge in [0.05, 0.1) is 34.7 Å². The zero-order chi connectivity index (χ0) is 27.7. The highest BCUT2D eigenvalue weighted by Gasteiger charge is 2.34. The molecule has 38 heavy (non-hydrogen) atoms. The van der Waals surface area contributed by atoms with Gasteiger partial charge in [0.1, 0.15) is 11.5 Å². The molecular formula is C28H27F3N6O. The van der Waals surface area contributed by atoms with Crippen LogP contribution in [0.3, 0.4) is 0 Å². The number of anilines is 2. The Morgan fingerprint density at radius 2 is 1.71 bits per heavy atom. The zero-order valence-electron chi connectivity index (χ0n) is 21.7. The van der Waals surface area contributed by atoms with Crippen LogP contribution in [-0.4, -0.2) is 33.6 Å². The van der Waals surface area contributed by atoms with Crippen molar-refractivity contribution in [1.29, 1.82) is 5.26 Å². The number of ether oxygens (including phenoxy) is 1. The fraction of sp³-hybridized carbons (Fsp3) is 0.321. The van der Waals surface area contributed by atoms with Crippen molar-refractivity contribution in [3.8, 4) is 23.5 Å². The van der Waals surface area contributed by atoms with Gasteiger partial charge in [0.2, 0.25) is 0 Å². The Kier molecular flexibility index (Phi) is 7.22. The summed E-state index contributed by atoms with van der Waals surface area (Å²) in [5.74, 6) is 0.672. The summed E-state index contributed by atoms with van der Waals surface area (Å²) in [6.07, 6.45) is -3.29. The lowest BCUT2D eigenvalue weighted by molar-refractivity contribution is -0.137. The van der Waals surface area contributed by atoms with E-state index in [0.29, 0.717) is 17.8 Å². The van der Waals surface area contributed by atoms with Gasteiger partial charge in [0.15, 0.2) is 5.65 Å². The number of pyridine rings is 2. The summed E-state index contributed by atoms with van der Waals surface area (Å²) in [5.41, 5.74) is 0.0659. The predicted octanol–water partition coefficient (Wildman–Crippen LogP) is 6.71. The Labute approximate surface area is 219 Å². The molecule has 0 atom stereocenters. The van der Waals surface area contributed by atoms with E-state index in [1.807, 2.05) is 63.9 Å². The van der Waals surface area contributed by atoms with Crippen molar-refractivity contribution in [1.82, 2.24) is 19.9 Å². The summed E-state index contributed by atoms with van der Waals surface area (Å²) < 4.78 is 46.7. The quantitative estimate of drug-likeness (QED) is 0.268. The monoisotopic (exact) mass is 520 g/mol. The van der Waals surface area contributed by atoms with Gasteiger partial charge >= 0.3 is 12.2 Å². The lowest BCUT2D eigenvalue weighted by atomic mass is 9.86. The number of rotatable bonds is 7. The Hall–Kier alpha value is -4.26. The molecule has 0 amide bonds. The number of fused-ring (bicyclic) bond motifs is 1. The highest BCUT2D eigenvalue weighted by molar-refractivity contribution is 5.91. The van der Waals surface area contributed by atoms with Crippen LogP contribution < -0.4 is 9.64 Å². The van der Waals surface area contributed by atoms with Crippen molar-refractivity contribution in [2.75, 3.05) is 18.6 Å². The molecule has 0 aliphatic carbocycles. The third-order valence-corrected chi connectivity index (χ3v) is 5.99. The number of nitrogens with zero attached hydrogens (tertiary/aromatic N) is 6. The van der Waals surface area contributed by atoms with Crippen LogP contribution in [0.2, 0.25) is 0 Å². The van der Waals surface area contributed by atoms with Gasteiger partial charge in [-0.15, -0.1) is 0 Å². The van der Waals surface area contributed by atoms with E-state index in [-0.39, 0.29) is 29.0 Å². The highest BCUT2D eigenvalue weighted by atomic mass is 19.4. The maximum Gasteiger partial charge on any atom is 0.418 e. The second-order valence-electron chi connectivity index (χ2n) is 9.84. The van der Waals surface area contributed by atoms with E-state index in [2.05, 4.69) is 26.0 Å². The molecule has 0 unspecified atom stereocenters. The number of benzene rings is 1. The van der Waals surface area contributed by atoms with Crippen LogP contribution in [-0.2, 0) is 11.6 Å². The number of nitriles is 1. The Balaban J connectivity index is 1.83. The number of halogens is 3. The van der Waals surface area contributed by atoms with Crippen molar-refractivity contribution in [3.05, 3.63) is 65.9 Å². The summed E-state index contributed by atoms with van der Waals surface area (Å²) in [6, 6.07) is 15.2. The van der Waals surface area contributed by atoms with E-state index in [1.54, 1.807) is 6.07 Å². The standard InChI is InChI=1S/C28H27F3N6O/c1-17(2)15-38-26-35-24-20(12-13-22(34-24)23-21(28(29,30)31)7-6-14-33-23)25(36-26)37(5)19-10-8-18(9-11-19)27(3,4)16-32/h6-14,17H,15H2,1-5H3. The number of hydrogen-bond donors (Lipinski definition) is 0. The fourth-order valence-corrected chi connectivity index (χ4v) is 3.79. The Bertz CT molecular complexity index is 1490. The van der Waals surface area contributed by atoms with Gasteiger partial charge in [0.25, 0.3) is 0 Å². The fourth-order valence-electron chi connectivity index (χ4n) is 3.79. The first kappa shape index (κ1) is 26.8. The Morgan fingerprint density at radius 3 is 2.34 bits per heavy atom. The molecule has 10 heteroatoms. The summed E-state index contributed by atoms with van der Waals surface area (Å²) in [5, 5.41) is 9.97. The first-order chi connectivity index (χ1) is 17.9. The molecule has 0 N–H and O–H groups in total. The summed E-state index contributed by atoms with van der Waals surface area (Å²) >= 11 is 0. The lowest BCUT2D eigenvalue weighted by Gasteiger charge is -2.22. The van der Waals surface area contributed by atoms with Crippen LogP contribution in [0, 0.1) is 17.2 Å². The summed E-state index contributed by atoms with van der Waals surface area (Å²) in [6.45, 7) is 8.00. The minimum Gasteiger partial charge on any atom is -0.463 e. The molecule has 7 nitrogen and oxygen atoms in total. The average molecular weight is 521 g/mol. The van der Waals surface area contributed by atoms with E-state index >= 15 is 0 Å². The van der Waals surface area contributed by atoms with Crippen molar-refractivity contribution in [2.24, 2.45) is 5.92 Å². The third-order valence-electron chi connectivity index (χ3n) is 5.99. The van der Waals surface area contributed by atoms with E-state index in [4.69, 9.17) is 4.74 Å². The van der Waals surface area contributed by atoms with E-state index in [0.717, 1.165) is 17.3 Å². The Morgan fingerprint density at radius 1 is 1.00 bits per heavy atom. The number of alkyl halides is 3. The molecule has 4 aromatic rings. The maximum absolute atomic E-state index is 13.6. The van der Waals surface area contributed by atoms with E-state index in [9.17, 15) is 18.4 Å². The largest absolute Gasteiger partial charge is 0.463 e. The molecule has 3 aromatic heterocycles. The zero-order valence-corrected chi connectivity index (χ0v) is 21.7. The molecule has 0 saturated carbocycles. The van der Waals surface area contributed by atoms with Crippen molar-refractivity contribution >= 4 is 22.5 Å². The lowest BCUT2D eigenvalue weighted by Crippen LogP contribution is -2.16. The molecule has 196 valence electrons. The van der Waals surface area contributed by atoms with Crippen LogP contribution in [0.4, 0.5) is 24.7 Å². The predicted molar refractivity (Wildman–Crippen MR) is 139 cm³/mol. The molecule has 4 rings (SSSR count). The topological polar surface area (TPSA) is 87.8 Å². The van der Waals surface area contributed by atoms with Crippen molar-refractivity contribution in [2.45, 2.75) is 39.3 Å². The van der Waals surface area contributed by atoms with E-state index in [1.165, 1.54) is 18.3 Å². The minimum atomic E-state index is -4.59. The molecule has 0 aliphatic rings. The van der Waals surface area contributed by atoms with Gasteiger partial charge in [-0.2, -0.15) is 28.4 Å². The van der Waals surface area contributed by atoms with Crippen LogP contribution >= 0.6 is 0 Å². The minimum absolute atomic E-state index is 0.0376. The third kappa shape index (κ3) is 5.52. The van der Waals surface area contributed by atoms with Gasteiger partial charge < -0.3 is 9.64 Å². The molecule has 1 aromatic carbocycles. The van der Waals surface area contributed by atoms with Crippen molar-refractivity contribution in [3.63, 3.8) is 0 Å². The molecule has 0 spiro atoms. The summed E-state index contributed by atoms with van der Waals surface area (Å²) in [4.78, 5) is 19.2. The highest BCUT2D eigenvalue weighted by Crippen LogP contribution is 2.37. The first-order valence-electron chi connectivity index (χ1n) is 12.0. The normalized spacial score (nSPS) is 12.0. The smallest absolute Gasteiger partial charge is 0.418 e. The van der Waals surface area contributed by atoms with Gasteiger partial charge in [-0.3, -0.25) is 4.98 Å². The summed E-state index contributed by atoms with van der Waals surface area (Å²) in [7, 11) is 1.81. The average Bonchev–Trinajstić information content (AvgIpc) is 2.90. The SMILES string of the molecule is CC(C)COc1nc(N(C)c2ccc(C(C)(C)C#N)cc2)c2ccc(-c3ncccc3C(F)(F)F)nc2n1. The van der Waals surface area contributed by atoms with Crippen LogP contribution in [0.5, 0.6) is 6.01 Å². The number of aromatic nitrogens is 4. The number of hydrogen-bond acceptors (Lipinski definition) is 7. The van der Waals surface area contributed by atoms with Gasteiger partial charge in [-0.1, -0.05) is 26.0 Å². The molecule has 0 saturated heterocycles. The molecular weight excluding hydrogens is 493 g/mol. The molecule has 0 bridgehead atoms. The van der Waals surface area contributed by atoms with Gasteiger partial charge in [-0.05, 0) is 61.7 Å². The van der Waals surface area contributed by atoms with Crippen LogP contribution in [0.15, 0.2) is 54.7 Å². The maximum atomic E-state index is 13.6. The molecule has 0 fully saturated rings. The van der Waals surface area contributed by atoms with E-state index < -0.39 is 17.2 Å². The van der Waals surface area contributed by atoms with Crippen LogP contribution in [0.1, 0.15) is 38.8 Å². The second-order valence-corrected chi connectivity index (χ2v) is 9.84. The van der Waals surface area contributed by atoms with Gasteiger partial charge in [-0.25, -0.2) is 4.98 Å². The molecule has 0 aliphatic heterocycles. The van der Waals surface area contributed by atoms with Gasteiger partial charge in [0, 0.05) is 18.9 Å². The molecule has 0 radical (unpaired) electrons. The first-order valence-corrected chi connectivity index (χ1v) is 12.0. The molecule has 3 heterocycles.